The Morgan fingerprint density at radius 2 is 1.59 bits per heavy atom. The molecular formula is C14H26N2O. The van der Waals surface area contributed by atoms with Crippen molar-refractivity contribution in [2.24, 2.45) is 0 Å². The molecule has 1 heterocycles. The van der Waals surface area contributed by atoms with Gasteiger partial charge in [0.05, 0.1) is 0 Å². The third-order valence-electron chi connectivity index (χ3n) is 4.35. The lowest BCUT2D eigenvalue weighted by Gasteiger charge is -2.31. The third-order valence-corrected chi connectivity index (χ3v) is 4.35. The molecule has 2 aliphatic rings. The van der Waals surface area contributed by atoms with Crippen LogP contribution in [0.15, 0.2) is 0 Å². The van der Waals surface area contributed by atoms with E-state index in [1.165, 1.54) is 44.9 Å². The lowest BCUT2D eigenvalue weighted by atomic mass is 9.95. The van der Waals surface area contributed by atoms with Gasteiger partial charge in [0.15, 0.2) is 0 Å². The zero-order valence-electron chi connectivity index (χ0n) is 11.2. The first-order valence-corrected chi connectivity index (χ1v) is 7.25. The maximum Gasteiger partial charge on any atom is 0.223 e. The Morgan fingerprint density at radius 3 is 2.29 bits per heavy atom. The van der Waals surface area contributed by atoms with Crippen LogP contribution in [0.1, 0.15) is 51.4 Å². The topological polar surface area (TPSA) is 23.6 Å². The number of nitrogens with zero attached hydrogens (tertiary/aromatic N) is 2. The Kier molecular flexibility index (Phi) is 4.84. The summed E-state index contributed by atoms with van der Waals surface area (Å²) in [6.45, 7) is 2.97. The van der Waals surface area contributed by atoms with Crippen LogP contribution in [0.3, 0.4) is 0 Å². The van der Waals surface area contributed by atoms with Crippen molar-refractivity contribution < 1.29 is 4.79 Å². The third kappa shape index (κ3) is 3.70. The van der Waals surface area contributed by atoms with E-state index < -0.39 is 0 Å². The van der Waals surface area contributed by atoms with E-state index in [4.69, 9.17) is 0 Å². The molecule has 1 saturated carbocycles. The van der Waals surface area contributed by atoms with Crippen LogP contribution in [-0.2, 0) is 4.79 Å². The van der Waals surface area contributed by atoms with Gasteiger partial charge in [-0.15, -0.1) is 0 Å². The van der Waals surface area contributed by atoms with Gasteiger partial charge in [-0.25, -0.2) is 0 Å². The van der Waals surface area contributed by atoms with Crippen LogP contribution in [0.25, 0.3) is 0 Å². The van der Waals surface area contributed by atoms with Gasteiger partial charge in [-0.05, 0) is 12.8 Å². The molecule has 1 saturated heterocycles. The minimum Gasteiger partial charge on any atom is -0.344 e. The van der Waals surface area contributed by atoms with Crippen molar-refractivity contribution in [2.75, 3.05) is 26.7 Å². The van der Waals surface area contributed by atoms with Gasteiger partial charge in [0.25, 0.3) is 0 Å². The second-order valence-corrected chi connectivity index (χ2v) is 5.60. The molecule has 0 atom stereocenters. The fraction of sp³-hybridized carbons (Fsp3) is 0.929. The van der Waals surface area contributed by atoms with Crippen molar-refractivity contribution in [3.63, 3.8) is 0 Å². The van der Waals surface area contributed by atoms with Gasteiger partial charge in [0.2, 0.25) is 5.91 Å². The standard InChI is InChI=1S/C14H26N2O/c1-15-11-12-16(10-9-14(15)17)13-7-5-3-2-4-6-8-13/h13H,2-12H2,1H3. The van der Waals surface area contributed by atoms with Gasteiger partial charge in [-0.3, -0.25) is 9.69 Å². The van der Waals surface area contributed by atoms with Gasteiger partial charge in [-0.1, -0.05) is 32.1 Å². The van der Waals surface area contributed by atoms with E-state index in [0.717, 1.165) is 25.7 Å². The van der Waals surface area contributed by atoms with Crippen LogP contribution >= 0.6 is 0 Å². The number of rotatable bonds is 1. The number of hydrogen-bond donors (Lipinski definition) is 0. The van der Waals surface area contributed by atoms with Crippen molar-refractivity contribution in [1.29, 1.82) is 0 Å². The largest absolute Gasteiger partial charge is 0.344 e. The second kappa shape index (κ2) is 6.39. The van der Waals surface area contributed by atoms with Crippen LogP contribution in [0.5, 0.6) is 0 Å². The molecule has 1 amide bonds. The molecule has 0 aromatic heterocycles. The summed E-state index contributed by atoms with van der Waals surface area (Å²) < 4.78 is 0. The fourth-order valence-electron chi connectivity index (χ4n) is 3.11. The number of hydrogen-bond acceptors (Lipinski definition) is 2. The quantitative estimate of drug-likeness (QED) is 0.699. The maximum absolute atomic E-state index is 11.7. The van der Waals surface area contributed by atoms with E-state index in [2.05, 4.69) is 4.90 Å². The van der Waals surface area contributed by atoms with Crippen molar-refractivity contribution in [3.8, 4) is 0 Å². The highest BCUT2D eigenvalue weighted by Gasteiger charge is 2.24. The molecule has 0 spiro atoms. The molecule has 1 aliphatic heterocycles. The molecule has 17 heavy (non-hydrogen) atoms. The highest BCUT2D eigenvalue weighted by atomic mass is 16.2. The Balaban J connectivity index is 1.88. The van der Waals surface area contributed by atoms with Crippen LogP contribution in [0, 0.1) is 0 Å². The van der Waals surface area contributed by atoms with Crippen LogP contribution in [0.4, 0.5) is 0 Å². The number of carbonyl (C=O) groups is 1. The summed E-state index contributed by atoms with van der Waals surface area (Å²) in [4.78, 5) is 16.1. The molecule has 2 rings (SSSR count). The first-order chi connectivity index (χ1) is 8.27. The molecule has 98 valence electrons. The molecular weight excluding hydrogens is 212 g/mol. The average molecular weight is 238 g/mol. The van der Waals surface area contributed by atoms with E-state index in [-0.39, 0.29) is 0 Å². The molecule has 1 aliphatic carbocycles. The monoisotopic (exact) mass is 238 g/mol. The number of amides is 1. The van der Waals surface area contributed by atoms with Crippen LogP contribution in [0.2, 0.25) is 0 Å². The van der Waals surface area contributed by atoms with E-state index >= 15 is 0 Å². The van der Waals surface area contributed by atoms with Gasteiger partial charge >= 0.3 is 0 Å². The smallest absolute Gasteiger partial charge is 0.223 e. The Morgan fingerprint density at radius 1 is 0.941 bits per heavy atom. The minimum absolute atomic E-state index is 0.318. The first kappa shape index (κ1) is 12.9. The predicted molar refractivity (Wildman–Crippen MR) is 69.9 cm³/mol. The Hall–Kier alpha value is -0.570. The highest BCUT2D eigenvalue weighted by Crippen LogP contribution is 2.22. The van der Waals surface area contributed by atoms with Gasteiger partial charge in [-0.2, -0.15) is 0 Å². The molecule has 3 nitrogen and oxygen atoms in total. The highest BCUT2D eigenvalue weighted by molar-refractivity contribution is 5.76. The van der Waals surface area contributed by atoms with Crippen LogP contribution in [-0.4, -0.2) is 48.4 Å². The zero-order chi connectivity index (χ0) is 12.1. The molecule has 3 heteroatoms. The lowest BCUT2D eigenvalue weighted by molar-refractivity contribution is -0.129. The summed E-state index contributed by atoms with van der Waals surface area (Å²) in [5.74, 6) is 0.318. The number of likely N-dealkylation sites (N-methyl/N-ethyl adjacent to an activating group) is 1. The maximum atomic E-state index is 11.7. The van der Waals surface area contributed by atoms with E-state index in [1.807, 2.05) is 11.9 Å². The molecule has 0 radical (unpaired) electrons. The first-order valence-electron chi connectivity index (χ1n) is 7.25. The Bertz CT molecular complexity index is 247. The van der Waals surface area contributed by atoms with Gasteiger partial charge in [0.1, 0.15) is 0 Å². The van der Waals surface area contributed by atoms with Gasteiger partial charge < -0.3 is 4.90 Å². The summed E-state index contributed by atoms with van der Waals surface area (Å²) in [7, 11) is 1.93. The molecule has 0 aromatic rings. The minimum atomic E-state index is 0.318. The normalized spacial score (nSPS) is 26.4. The molecule has 0 aromatic carbocycles. The van der Waals surface area contributed by atoms with E-state index in [0.29, 0.717) is 12.3 Å². The molecule has 0 N–H and O–H groups in total. The van der Waals surface area contributed by atoms with Crippen LogP contribution < -0.4 is 0 Å². The summed E-state index contributed by atoms with van der Waals surface area (Å²) in [6.07, 6.45) is 10.4. The second-order valence-electron chi connectivity index (χ2n) is 5.60. The molecule has 0 unspecified atom stereocenters. The summed E-state index contributed by atoms with van der Waals surface area (Å²) in [5, 5.41) is 0. The summed E-state index contributed by atoms with van der Waals surface area (Å²) >= 11 is 0. The average Bonchev–Trinajstić information content (AvgIpc) is 2.43. The van der Waals surface area contributed by atoms with E-state index in [1.54, 1.807) is 0 Å². The summed E-state index contributed by atoms with van der Waals surface area (Å²) in [6, 6.07) is 0.745. The summed E-state index contributed by atoms with van der Waals surface area (Å²) in [5.41, 5.74) is 0. The molecule has 0 bridgehead atoms. The number of carbonyl (C=O) groups excluding carboxylic acids is 1. The fourth-order valence-corrected chi connectivity index (χ4v) is 3.11. The van der Waals surface area contributed by atoms with Crippen molar-refractivity contribution in [2.45, 2.75) is 57.4 Å². The van der Waals surface area contributed by atoms with Crippen molar-refractivity contribution in [1.82, 2.24) is 9.80 Å². The van der Waals surface area contributed by atoms with Crippen molar-refractivity contribution in [3.05, 3.63) is 0 Å². The SMILES string of the molecule is CN1CCN(C2CCCCCCC2)CCC1=O. The zero-order valence-corrected chi connectivity index (χ0v) is 11.2. The predicted octanol–water partition coefficient (Wildman–Crippen LogP) is 2.26. The van der Waals surface area contributed by atoms with Gasteiger partial charge in [0, 0.05) is 39.1 Å². The molecule has 2 fully saturated rings. The lowest BCUT2D eigenvalue weighted by Crippen LogP contribution is -2.38. The van der Waals surface area contributed by atoms with E-state index in [9.17, 15) is 4.79 Å². The Labute approximate surface area is 105 Å². The van der Waals surface area contributed by atoms with Crippen molar-refractivity contribution >= 4 is 5.91 Å².